The molecule has 4 atom stereocenters. The van der Waals surface area contributed by atoms with Crippen LogP contribution in [-0.2, 0) is 4.74 Å². The first-order valence-electron chi connectivity index (χ1n) is 6.52. The van der Waals surface area contributed by atoms with E-state index in [0.717, 1.165) is 16.8 Å². The number of nitrogens with one attached hydrogen (secondary N) is 1. The van der Waals surface area contributed by atoms with E-state index in [1.165, 1.54) is 6.08 Å². The van der Waals surface area contributed by atoms with Crippen LogP contribution in [0.1, 0.15) is 12.6 Å². The molecule has 2 rings (SSSR count). The number of aromatic nitrogens is 2. The number of hydrogen-bond acceptors (Lipinski definition) is 6. The molecule has 4 N–H and O–H groups in total. The number of halogens is 1. The Kier molecular flexibility index (Phi) is 4.34. The molecule has 1 aromatic rings. The van der Waals surface area contributed by atoms with E-state index in [0.29, 0.717) is 0 Å². The maximum absolute atomic E-state index is 13.3. The van der Waals surface area contributed by atoms with Crippen LogP contribution >= 0.6 is 0 Å². The molecule has 2 heterocycles. The van der Waals surface area contributed by atoms with Gasteiger partial charge in [-0.1, -0.05) is 6.08 Å². The van der Waals surface area contributed by atoms with Crippen molar-refractivity contribution in [1.82, 2.24) is 9.55 Å². The molecule has 1 aliphatic rings. The highest BCUT2D eigenvalue weighted by atomic mass is 19.1. The molecule has 0 spiro atoms. The Balaban J connectivity index is 2.59. The zero-order valence-electron chi connectivity index (χ0n) is 11.6. The molecular formula is C13H17FN2O6. The molecule has 0 aromatic carbocycles. The summed E-state index contributed by atoms with van der Waals surface area (Å²) in [5.74, 6) is 0. The van der Waals surface area contributed by atoms with Gasteiger partial charge < -0.3 is 20.1 Å². The lowest BCUT2D eigenvalue weighted by Crippen LogP contribution is -2.54. The maximum Gasteiger partial charge on any atom is 0.330 e. The zero-order valence-corrected chi connectivity index (χ0v) is 11.6. The van der Waals surface area contributed by atoms with Gasteiger partial charge in [0, 0.05) is 18.7 Å². The predicted octanol–water partition coefficient (Wildman–Crippen LogP) is -1.57. The number of alkyl halides is 1. The molecule has 122 valence electrons. The fourth-order valence-corrected chi connectivity index (χ4v) is 2.60. The summed E-state index contributed by atoms with van der Waals surface area (Å²) in [6.45, 7) is 1.26. The molecule has 1 aromatic heterocycles. The summed E-state index contributed by atoms with van der Waals surface area (Å²) in [4.78, 5) is 24.9. The predicted molar refractivity (Wildman–Crippen MR) is 73.0 cm³/mol. The van der Waals surface area contributed by atoms with Gasteiger partial charge in [0.15, 0.2) is 11.8 Å². The monoisotopic (exact) mass is 316 g/mol. The van der Waals surface area contributed by atoms with E-state index in [1.807, 2.05) is 4.98 Å². The van der Waals surface area contributed by atoms with Crippen molar-refractivity contribution in [2.45, 2.75) is 30.0 Å². The maximum atomic E-state index is 13.3. The molecule has 1 fully saturated rings. The fourth-order valence-electron chi connectivity index (χ4n) is 2.60. The minimum absolute atomic E-state index is 0.230. The molecule has 0 saturated carbocycles. The SMILES string of the molecule is C=CC[C@@]1(O)[C@H](O)[C@](CO)(CF)O[C@H]1n1ccc(=O)[nH]c1=O. The minimum Gasteiger partial charge on any atom is -0.393 e. The Morgan fingerprint density at radius 2 is 2.23 bits per heavy atom. The molecule has 1 saturated heterocycles. The molecule has 22 heavy (non-hydrogen) atoms. The Morgan fingerprint density at radius 1 is 1.55 bits per heavy atom. The van der Waals surface area contributed by atoms with E-state index in [9.17, 15) is 29.3 Å². The van der Waals surface area contributed by atoms with Crippen LogP contribution in [0.5, 0.6) is 0 Å². The van der Waals surface area contributed by atoms with Crippen molar-refractivity contribution < 1.29 is 24.4 Å². The van der Waals surface area contributed by atoms with Crippen LogP contribution < -0.4 is 11.2 Å². The normalized spacial score (nSPS) is 34.7. The summed E-state index contributed by atoms with van der Waals surface area (Å²) in [5, 5.41) is 30.3. The molecule has 0 aliphatic carbocycles. The Bertz CT molecular complexity index is 667. The lowest BCUT2D eigenvalue weighted by Gasteiger charge is -2.32. The summed E-state index contributed by atoms with van der Waals surface area (Å²) < 4.78 is 19.4. The van der Waals surface area contributed by atoms with Gasteiger partial charge in [0.05, 0.1) is 6.61 Å². The Morgan fingerprint density at radius 3 is 2.73 bits per heavy atom. The zero-order chi connectivity index (χ0) is 16.5. The van der Waals surface area contributed by atoms with Gasteiger partial charge in [0.25, 0.3) is 5.56 Å². The third-order valence-electron chi connectivity index (χ3n) is 3.81. The van der Waals surface area contributed by atoms with Crippen LogP contribution in [0.15, 0.2) is 34.5 Å². The number of aliphatic hydroxyl groups excluding tert-OH is 2. The van der Waals surface area contributed by atoms with E-state index >= 15 is 0 Å². The van der Waals surface area contributed by atoms with Gasteiger partial charge in [-0.2, -0.15) is 0 Å². The first kappa shape index (κ1) is 16.6. The average Bonchev–Trinajstić information content (AvgIpc) is 2.70. The van der Waals surface area contributed by atoms with Crippen molar-refractivity contribution in [2.24, 2.45) is 0 Å². The highest BCUT2D eigenvalue weighted by Gasteiger charge is 2.63. The Hall–Kier alpha value is -1.81. The molecule has 9 heteroatoms. The second kappa shape index (κ2) is 5.76. The smallest absolute Gasteiger partial charge is 0.330 e. The van der Waals surface area contributed by atoms with Gasteiger partial charge in [-0.15, -0.1) is 6.58 Å². The van der Waals surface area contributed by atoms with Gasteiger partial charge in [0.1, 0.15) is 18.4 Å². The Labute approximate surface area is 124 Å². The quantitative estimate of drug-likeness (QED) is 0.487. The number of nitrogens with zero attached hydrogens (tertiary/aromatic N) is 1. The first-order valence-corrected chi connectivity index (χ1v) is 6.52. The number of ether oxygens (including phenoxy) is 1. The fraction of sp³-hybridized carbons (Fsp3) is 0.538. The second-order valence-electron chi connectivity index (χ2n) is 5.23. The van der Waals surface area contributed by atoms with Crippen LogP contribution in [0, 0.1) is 0 Å². The standard InChI is InChI=1S/C13H17FN2O6/c1-2-4-13(21)9(19)12(6-14,7-17)22-10(13)16-5-3-8(18)15-11(16)20/h2-3,5,9-10,17,19,21H,1,4,6-7H2,(H,15,18,20)/t9-,10-,12-,13-/m1/s1. The summed E-state index contributed by atoms with van der Waals surface area (Å²) in [5.41, 5.74) is -5.73. The number of aliphatic hydroxyl groups is 3. The van der Waals surface area contributed by atoms with Crippen LogP contribution in [0.2, 0.25) is 0 Å². The van der Waals surface area contributed by atoms with Gasteiger partial charge >= 0.3 is 5.69 Å². The van der Waals surface area contributed by atoms with E-state index in [1.54, 1.807) is 0 Å². The lowest BCUT2D eigenvalue weighted by atomic mass is 9.84. The van der Waals surface area contributed by atoms with E-state index < -0.39 is 48.1 Å². The van der Waals surface area contributed by atoms with Gasteiger partial charge in [-0.3, -0.25) is 14.3 Å². The van der Waals surface area contributed by atoms with Gasteiger partial charge in [-0.25, -0.2) is 9.18 Å². The average molecular weight is 316 g/mol. The lowest BCUT2D eigenvalue weighted by molar-refractivity contribution is -0.140. The molecule has 8 nitrogen and oxygen atoms in total. The summed E-state index contributed by atoms with van der Waals surface area (Å²) in [6, 6.07) is 1.01. The summed E-state index contributed by atoms with van der Waals surface area (Å²) >= 11 is 0. The highest BCUT2D eigenvalue weighted by molar-refractivity contribution is 5.12. The van der Waals surface area contributed by atoms with Crippen LogP contribution in [0.4, 0.5) is 4.39 Å². The number of H-pyrrole nitrogens is 1. The molecular weight excluding hydrogens is 299 g/mol. The van der Waals surface area contributed by atoms with E-state index in [-0.39, 0.29) is 6.42 Å². The van der Waals surface area contributed by atoms with Crippen molar-refractivity contribution in [3.8, 4) is 0 Å². The third kappa shape index (κ3) is 2.31. The summed E-state index contributed by atoms with van der Waals surface area (Å²) in [6.07, 6.45) is -1.23. The van der Waals surface area contributed by atoms with Gasteiger partial charge in [-0.05, 0) is 0 Å². The van der Waals surface area contributed by atoms with Crippen LogP contribution in [0.25, 0.3) is 0 Å². The van der Waals surface area contributed by atoms with Crippen LogP contribution in [-0.4, -0.2) is 55.5 Å². The topological polar surface area (TPSA) is 125 Å². The number of aromatic amines is 1. The minimum atomic E-state index is -2.10. The van der Waals surface area contributed by atoms with Crippen molar-refractivity contribution in [1.29, 1.82) is 0 Å². The molecule has 0 unspecified atom stereocenters. The number of rotatable bonds is 5. The summed E-state index contributed by atoms with van der Waals surface area (Å²) in [7, 11) is 0. The number of hydrogen-bond donors (Lipinski definition) is 4. The van der Waals surface area contributed by atoms with E-state index in [4.69, 9.17) is 4.74 Å². The largest absolute Gasteiger partial charge is 0.393 e. The molecule has 0 radical (unpaired) electrons. The van der Waals surface area contributed by atoms with Crippen molar-refractivity contribution >= 4 is 0 Å². The second-order valence-corrected chi connectivity index (χ2v) is 5.23. The molecule has 1 aliphatic heterocycles. The van der Waals surface area contributed by atoms with Gasteiger partial charge in [0.2, 0.25) is 0 Å². The highest BCUT2D eigenvalue weighted by Crippen LogP contribution is 2.46. The van der Waals surface area contributed by atoms with Crippen LogP contribution in [0.3, 0.4) is 0 Å². The first-order chi connectivity index (χ1) is 10.3. The van der Waals surface area contributed by atoms with Crippen molar-refractivity contribution in [3.63, 3.8) is 0 Å². The van der Waals surface area contributed by atoms with E-state index in [2.05, 4.69) is 6.58 Å². The van der Waals surface area contributed by atoms with Crippen molar-refractivity contribution in [3.05, 3.63) is 45.8 Å². The third-order valence-corrected chi connectivity index (χ3v) is 3.81. The molecule has 0 bridgehead atoms. The molecule has 0 amide bonds. The van der Waals surface area contributed by atoms with Crippen molar-refractivity contribution in [2.75, 3.05) is 13.3 Å².